The summed E-state index contributed by atoms with van der Waals surface area (Å²) in [5.41, 5.74) is 1.14. The van der Waals surface area contributed by atoms with Gasteiger partial charge >= 0.3 is 0 Å². The molecule has 0 aliphatic carbocycles. The molecule has 0 aliphatic heterocycles. The van der Waals surface area contributed by atoms with Gasteiger partial charge in [-0.05, 0) is 37.1 Å². The van der Waals surface area contributed by atoms with Crippen LogP contribution in [0.3, 0.4) is 0 Å². The molecule has 15 heavy (non-hydrogen) atoms. The zero-order valence-corrected chi connectivity index (χ0v) is 9.26. The van der Waals surface area contributed by atoms with Crippen LogP contribution in [0.1, 0.15) is 12.8 Å². The molecule has 1 N–H and O–H groups in total. The minimum Gasteiger partial charge on any atom is -0.494 e. The summed E-state index contributed by atoms with van der Waals surface area (Å²) in [4.78, 5) is 3.15. The molecular formula is C12H14ClNO. The van der Waals surface area contributed by atoms with Crippen LogP contribution in [0, 0.1) is 0 Å². The summed E-state index contributed by atoms with van der Waals surface area (Å²) in [6.07, 6.45) is 3.95. The summed E-state index contributed by atoms with van der Waals surface area (Å²) >= 11 is 5.59. The molecule has 80 valence electrons. The summed E-state index contributed by atoms with van der Waals surface area (Å²) in [6.45, 7) is 0.739. The Morgan fingerprint density at radius 1 is 1.20 bits per heavy atom. The fourth-order valence-corrected chi connectivity index (χ4v) is 1.70. The minimum absolute atomic E-state index is 0.709. The van der Waals surface area contributed by atoms with E-state index < -0.39 is 0 Å². The van der Waals surface area contributed by atoms with Crippen LogP contribution in [0.15, 0.2) is 30.5 Å². The van der Waals surface area contributed by atoms with Crippen molar-refractivity contribution in [2.45, 2.75) is 12.8 Å². The van der Waals surface area contributed by atoms with Crippen LogP contribution in [0.4, 0.5) is 0 Å². The largest absolute Gasteiger partial charge is 0.494 e. The monoisotopic (exact) mass is 223 g/mol. The summed E-state index contributed by atoms with van der Waals surface area (Å²) in [5, 5.41) is 1.19. The smallest absolute Gasteiger partial charge is 0.120 e. The molecule has 2 nitrogen and oxygen atoms in total. The van der Waals surface area contributed by atoms with Crippen LogP contribution in [0.2, 0.25) is 0 Å². The molecule has 2 rings (SSSR count). The van der Waals surface area contributed by atoms with Crippen molar-refractivity contribution in [3.63, 3.8) is 0 Å². The lowest BCUT2D eigenvalue weighted by atomic mass is 10.2. The Kier molecular flexibility index (Phi) is 3.51. The number of hydrogen-bond donors (Lipinski definition) is 1. The van der Waals surface area contributed by atoms with Gasteiger partial charge in [0.1, 0.15) is 5.75 Å². The highest BCUT2D eigenvalue weighted by molar-refractivity contribution is 6.17. The van der Waals surface area contributed by atoms with Gasteiger partial charge in [0.05, 0.1) is 6.61 Å². The molecule has 0 bridgehead atoms. The molecule has 0 saturated heterocycles. The predicted molar refractivity (Wildman–Crippen MR) is 63.7 cm³/mol. The Morgan fingerprint density at radius 2 is 2.13 bits per heavy atom. The molecule has 0 radical (unpaired) electrons. The van der Waals surface area contributed by atoms with E-state index in [2.05, 4.69) is 4.98 Å². The highest BCUT2D eigenvalue weighted by Gasteiger charge is 1.97. The fourth-order valence-electron chi connectivity index (χ4n) is 1.51. The zero-order valence-electron chi connectivity index (χ0n) is 8.50. The average molecular weight is 224 g/mol. The van der Waals surface area contributed by atoms with Crippen molar-refractivity contribution in [2.24, 2.45) is 0 Å². The van der Waals surface area contributed by atoms with Gasteiger partial charge in [0.2, 0.25) is 0 Å². The summed E-state index contributed by atoms with van der Waals surface area (Å²) < 4.78 is 5.61. The molecule has 3 heteroatoms. The number of alkyl halides is 1. The second-order valence-electron chi connectivity index (χ2n) is 3.47. The Hall–Kier alpha value is -1.15. The SMILES string of the molecule is ClCCCCOc1ccc2[nH]ccc2c1. The Labute approximate surface area is 94.2 Å². The van der Waals surface area contributed by atoms with Crippen molar-refractivity contribution in [3.8, 4) is 5.75 Å². The van der Waals surface area contributed by atoms with E-state index >= 15 is 0 Å². The minimum atomic E-state index is 0.709. The van der Waals surface area contributed by atoms with Crippen molar-refractivity contribution < 1.29 is 4.74 Å². The van der Waals surface area contributed by atoms with E-state index in [4.69, 9.17) is 16.3 Å². The topological polar surface area (TPSA) is 25.0 Å². The van der Waals surface area contributed by atoms with Crippen molar-refractivity contribution in [3.05, 3.63) is 30.5 Å². The zero-order chi connectivity index (χ0) is 10.5. The number of H-pyrrole nitrogens is 1. The third-order valence-corrected chi connectivity index (χ3v) is 2.59. The number of benzene rings is 1. The first-order chi connectivity index (χ1) is 7.40. The predicted octanol–water partition coefficient (Wildman–Crippen LogP) is 3.57. The molecule has 2 aromatic rings. The first-order valence-electron chi connectivity index (χ1n) is 5.16. The molecular weight excluding hydrogens is 210 g/mol. The quantitative estimate of drug-likeness (QED) is 0.609. The highest BCUT2D eigenvalue weighted by atomic mass is 35.5. The Bertz CT molecular complexity index is 424. The fraction of sp³-hybridized carbons (Fsp3) is 0.333. The van der Waals surface area contributed by atoms with Gasteiger partial charge in [-0.25, -0.2) is 0 Å². The van der Waals surface area contributed by atoms with E-state index in [9.17, 15) is 0 Å². The maximum atomic E-state index is 5.61. The summed E-state index contributed by atoms with van der Waals surface area (Å²) in [7, 11) is 0. The standard InChI is InChI=1S/C12H14ClNO/c13-6-1-2-8-15-11-3-4-12-10(9-11)5-7-14-12/h3-5,7,9,14H,1-2,6,8H2. The Balaban J connectivity index is 1.96. The van der Waals surface area contributed by atoms with E-state index in [1.807, 2.05) is 30.5 Å². The van der Waals surface area contributed by atoms with Crippen LogP contribution >= 0.6 is 11.6 Å². The molecule has 0 aliphatic rings. The van der Waals surface area contributed by atoms with E-state index in [0.29, 0.717) is 5.88 Å². The lowest BCUT2D eigenvalue weighted by molar-refractivity contribution is 0.310. The number of hydrogen-bond acceptors (Lipinski definition) is 1. The lowest BCUT2D eigenvalue weighted by Crippen LogP contribution is -1.97. The third kappa shape index (κ3) is 2.66. The van der Waals surface area contributed by atoms with Gasteiger partial charge in [-0.2, -0.15) is 0 Å². The molecule has 0 saturated carbocycles. The van der Waals surface area contributed by atoms with Crippen LogP contribution in [-0.4, -0.2) is 17.5 Å². The van der Waals surface area contributed by atoms with Crippen LogP contribution in [-0.2, 0) is 0 Å². The van der Waals surface area contributed by atoms with Crippen LogP contribution in [0.25, 0.3) is 10.9 Å². The molecule has 0 atom stereocenters. The number of aromatic nitrogens is 1. The lowest BCUT2D eigenvalue weighted by Gasteiger charge is -2.05. The molecule has 0 fully saturated rings. The van der Waals surface area contributed by atoms with Crippen LogP contribution < -0.4 is 4.74 Å². The third-order valence-electron chi connectivity index (χ3n) is 2.32. The van der Waals surface area contributed by atoms with Gasteiger partial charge in [-0.1, -0.05) is 0 Å². The normalized spacial score (nSPS) is 10.7. The maximum Gasteiger partial charge on any atom is 0.120 e. The number of aromatic amines is 1. The van der Waals surface area contributed by atoms with Crippen LogP contribution in [0.5, 0.6) is 5.75 Å². The number of ether oxygens (including phenoxy) is 1. The summed E-state index contributed by atoms with van der Waals surface area (Å²) in [6, 6.07) is 8.11. The highest BCUT2D eigenvalue weighted by Crippen LogP contribution is 2.19. The summed E-state index contributed by atoms with van der Waals surface area (Å²) in [5.74, 6) is 1.64. The van der Waals surface area contributed by atoms with Crippen molar-refractivity contribution >= 4 is 22.5 Å². The van der Waals surface area contributed by atoms with Gasteiger partial charge in [-0.3, -0.25) is 0 Å². The van der Waals surface area contributed by atoms with Crippen molar-refractivity contribution in [1.29, 1.82) is 0 Å². The maximum absolute atomic E-state index is 5.61. The van der Waals surface area contributed by atoms with Crippen molar-refractivity contribution in [1.82, 2.24) is 4.98 Å². The van der Waals surface area contributed by atoms with Gasteiger partial charge in [0.15, 0.2) is 0 Å². The second-order valence-corrected chi connectivity index (χ2v) is 3.85. The molecule has 0 amide bonds. The van der Waals surface area contributed by atoms with Gasteiger partial charge in [0, 0.05) is 23.0 Å². The van der Waals surface area contributed by atoms with Crippen molar-refractivity contribution in [2.75, 3.05) is 12.5 Å². The van der Waals surface area contributed by atoms with E-state index in [1.165, 1.54) is 5.39 Å². The second kappa shape index (κ2) is 5.08. The number of halogens is 1. The molecule has 1 aromatic carbocycles. The van der Waals surface area contributed by atoms with Gasteiger partial charge < -0.3 is 9.72 Å². The number of rotatable bonds is 5. The number of fused-ring (bicyclic) bond motifs is 1. The molecule has 1 heterocycles. The van der Waals surface area contributed by atoms with E-state index in [1.54, 1.807) is 0 Å². The van der Waals surface area contributed by atoms with E-state index in [0.717, 1.165) is 30.7 Å². The Morgan fingerprint density at radius 3 is 3.00 bits per heavy atom. The molecule has 0 spiro atoms. The number of unbranched alkanes of at least 4 members (excludes halogenated alkanes) is 1. The molecule has 1 aromatic heterocycles. The first-order valence-corrected chi connectivity index (χ1v) is 5.69. The van der Waals surface area contributed by atoms with Gasteiger partial charge in [0.25, 0.3) is 0 Å². The van der Waals surface area contributed by atoms with Gasteiger partial charge in [-0.15, -0.1) is 11.6 Å². The first kappa shape index (κ1) is 10.4. The van der Waals surface area contributed by atoms with E-state index in [-0.39, 0.29) is 0 Å². The average Bonchev–Trinajstić information content (AvgIpc) is 2.71. The molecule has 0 unspecified atom stereocenters. The number of nitrogens with one attached hydrogen (secondary N) is 1.